The second-order valence-electron chi connectivity index (χ2n) is 8.66. The summed E-state index contributed by atoms with van der Waals surface area (Å²) in [7, 11) is 0. The van der Waals surface area contributed by atoms with Crippen molar-refractivity contribution in [3.8, 4) is 0 Å². The van der Waals surface area contributed by atoms with Gasteiger partial charge in [-0.3, -0.25) is 4.79 Å². The van der Waals surface area contributed by atoms with Crippen LogP contribution in [0.3, 0.4) is 0 Å². The van der Waals surface area contributed by atoms with Gasteiger partial charge in [0, 0.05) is 31.1 Å². The molecule has 0 radical (unpaired) electrons. The van der Waals surface area contributed by atoms with Crippen LogP contribution >= 0.6 is 11.3 Å². The number of carbonyl (C=O) groups is 1. The zero-order chi connectivity index (χ0) is 24.0. The molecule has 0 saturated carbocycles. The third-order valence-corrected chi connectivity index (χ3v) is 7.36. The van der Waals surface area contributed by atoms with Gasteiger partial charge in [0.15, 0.2) is 5.82 Å². The Bertz CT molecular complexity index is 1230. The van der Waals surface area contributed by atoms with Gasteiger partial charge >= 0.3 is 12.1 Å². The van der Waals surface area contributed by atoms with Gasteiger partial charge in [-0.05, 0) is 25.3 Å². The Labute approximate surface area is 197 Å². The number of hydrogen-bond acceptors (Lipinski definition) is 8. The maximum Gasteiger partial charge on any atom is 0.451 e. The van der Waals surface area contributed by atoms with Crippen LogP contribution in [0, 0.1) is 5.92 Å². The molecule has 1 saturated heterocycles. The van der Waals surface area contributed by atoms with Crippen molar-refractivity contribution in [3.05, 3.63) is 22.6 Å². The van der Waals surface area contributed by atoms with Gasteiger partial charge in [0.1, 0.15) is 10.6 Å². The highest BCUT2D eigenvalue weighted by molar-refractivity contribution is 7.18. The molecular formula is C21H24F3N7O2S. The molecule has 182 valence electrons. The van der Waals surface area contributed by atoms with E-state index in [0.717, 1.165) is 38.9 Å². The highest BCUT2D eigenvalue weighted by Gasteiger charge is 2.40. The number of hydrogen-bond donors (Lipinski definition) is 1. The molecule has 34 heavy (non-hydrogen) atoms. The Morgan fingerprint density at radius 3 is 2.76 bits per heavy atom. The maximum absolute atomic E-state index is 13.3. The minimum Gasteiger partial charge on any atom is -0.481 e. The van der Waals surface area contributed by atoms with Crippen LogP contribution in [0.15, 0.2) is 6.07 Å². The van der Waals surface area contributed by atoms with Crippen LogP contribution in [-0.2, 0) is 30.5 Å². The predicted molar refractivity (Wildman–Crippen MR) is 120 cm³/mol. The Hall–Kier alpha value is -2.96. The molecule has 0 spiro atoms. The number of anilines is 2. The van der Waals surface area contributed by atoms with Gasteiger partial charge in [0.2, 0.25) is 11.8 Å². The minimum absolute atomic E-state index is 0.0920. The van der Waals surface area contributed by atoms with E-state index in [9.17, 15) is 23.1 Å². The molecule has 1 N–H and O–H groups in total. The molecule has 1 atom stereocenters. The molecule has 5 rings (SSSR count). The van der Waals surface area contributed by atoms with Crippen molar-refractivity contribution >= 4 is 39.3 Å². The van der Waals surface area contributed by atoms with E-state index >= 15 is 0 Å². The number of aromatic nitrogens is 5. The van der Waals surface area contributed by atoms with Crippen LogP contribution in [-0.4, -0.2) is 55.4 Å². The fraction of sp³-hybridized carbons (Fsp3) is 0.571. The zero-order valence-electron chi connectivity index (χ0n) is 18.5. The van der Waals surface area contributed by atoms with E-state index in [2.05, 4.69) is 23.2 Å². The van der Waals surface area contributed by atoms with Crippen LogP contribution in [0.2, 0.25) is 0 Å². The Kier molecular flexibility index (Phi) is 5.82. The van der Waals surface area contributed by atoms with Gasteiger partial charge in [-0.25, -0.2) is 4.98 Å². The number of fused-ring (bicyclic) bond motifs is 2. The van der Waals surface area contributed by atoms with Gasteiger partial charge in [-0.1, -0.05) is 13.3 Å². The zero-order valence-corrected chi connectivity index (χ0v) is 19.4. The predicted octanol–water partition coefficient (Wildman–Crippen LogP) is 3.58. The number of aliphatic carboxylic acids is 1. The van der Waals surface area contributed by atoms with Gasteiger partial charge < -0.3 is 19.5 Å². The second kappa shape index (κ2) is 8.67. The molecule has 0 aliphatic carbocycles. The molecule has 0 aromatic carbocycles. The van der Waals surface area contributed by atoms with Gasteiger partial charge in [-0.15, -0.1) is 21.5 Å². The number of aryl methyl sites for hydroxylation is 1. The first-order valence-electron chi connectivity index (χ1n) is 11.3. The molecule has 2 aliphatic heterocycles. The van der Waals surface area contributed by atoms with Crippen molar-refractivity contribution in [3.63, 3.8) is 0 Å². The van der Waals surface area contributed by atoms with E-state index in [1.54, 1.807) is 11.3 Å². The minimum atomic E-state index is -4.56. The summed E-state index contributed by atoms with van der Waals surface area (Å²) >= 11 is 1.58. The Balaban J connectivity index is 1.53. The number of rotatable bonds is 5. The number of piperidine rings is 1. The second-order valence-corrected chi connectivity index (χ2v) is 9.78. The third kappa shape index (κ3) is 4.17. The van der Waals surface area contributed by atoms with Crippen molar-refractivity contribution in [1.29, 1.82) is 0 Å². The normalized spacial score (nSPS) is 19.0. The molecule has 13 heteroatoms. The van der Waals surface area contributed by atoms with Crippen LogP contribution in [0.4, 0.5) is 24.9 Å². The highest BCUT2D eigenvalue weighted by atomic mass is 32.1. The van der Waals surface area contributed by atoms with E-state index in [0.29, 0.717) is 37.8 Å². The van der Waals surface area contributed by atoms with Gasteiger partial charge in [0.05, 0.1) is 17.8 Å². The lowest BCUT2D eigenvalue weighted by molar-refractivity contribution is -0.147. The molecule has 0 amide bonds. The SMILES string of the molecule is CCCc1cc2c(N3CCn4c(nnc4C(F)(F)F)C3)nc(N3CCCC(C(=O)O)C3)nc2s1. The Morgan fingerprint density at radius 1 is 1.21 bits per heavy atom. The average Bonchev–Trinajstić information content (AvgIpc) is 3.41. The summed E-state index contributed by atoms with van der Waals surface area (Å²) in [5, 5.41) is 17.5. The fourth-order valence-corrected chi connectivity index (χ4v) is 5.72. The lowest BCUT2D eigenvalue weighted by atomic mass is 9.99. The number of nitrogens with zero attached hydrogens (tertiary/aromatic N) is 7. The molecule has 1 fully saturated rings. The fourth-order valence-electron chi connectivity index (χ4n) is 4.61. The molecule has 3 aromatic heterocycles. The summed E-state index contributed by atoms with van der Waals surface area (Å²) in [5.41, 5.74) is 0. The van der Waals surface area contributed by atoms with Crippen LogP contribution < -0.4 is 9.80 Å². The third-order valence-electron chi connectivity index (χ3n) is 6.27. The summed E-state index contributed by atoms with van der Waals surface area (Å²) in [6.07, 6.45) is -1.35. The smallest absolute Gasteiger partial charge is 0.451 e. The van der Waals surface area contributed by atoms with Gasteiger partial charge in [-0.2, -0.15) is 18.2 Å². The van der Waals surface area contributed by atoms with Crippen LogP contribution in [0.25, 0.3) is 10.2 Å². The molecule has 3 aromatic rings. The monoisotopic (exact) mass is 495 g/mol. The molecule has 1 unspecified atom stereocenters. The topological polar surface area (TPSA) is 100 Å². The molecular weight excluding hydrogens is 471 g/mol. The molecule has 0 bridgehead atoms. The largest absolute Gasteiger partial charge is 0.481 e. The van der Waals surface area contributed by atoms with E-state index in [1.807, 2.05) is 9.80 Å². The van der Waals surface area contributed by atoms with Crippen molar-refractivity contribution in [2.24, 2.45) is 5.92 Å². The number of thiophene rings is 1. The lowest BCUT2D eigenvalue weighted by Crippen LogP contribution is -2.40. The summed E-state index contributed by atoms with van der Waals surface area (Å²) in [4.78, 5) is 26.9. The number of carboxylic acid groups (broad SMARTS) is 1. The first-order chi connectivity index (χ1) is 16.2. The van der Waals surface area contributed by atoms with Crippen molar-refractivity contribution in [1.82, 2.24) is 24.7 Å². The highest BCUT2D eigenvalue weighted by Crippen LogP contribution is 2.36. The molecule has 9 nitrogen and oxygen atoms in total. The summed E-state index contributed by atoms with van der Waals surface area (Å²) < 4.78 is 40.9. The number of halogens is 3. The lowest BCUT2D eigenvalue weighted by Gasteiger charge is -2.33. The average molecular weight is 496 g/mol. The van der Waals surface area contributed by atoms with E-state index in [4.69, 9.17) is 9.97 Å². The van der Waals surface area contributed by atoms with Gasteiger partial charge in [0.25, 0.3) is 0 Å². The standard InChI is InChI=1S/C21H24F3N7O2S/c1-2-4-13-9-14-16(29-7-8-31-15(11-29)27-28-19(31)21(22,23)24)25-20(26-17(14)34-13)30-6-3-5-12(10-30)18(32)33/h9,12H,2-8,10-11H2,1H3,(H,32,33). The van der Waals surface area contributed by atoms with Crippen molar-refractivity contribution in [2.45, 2.75) is 51.9 Å². The van der Waals surface area contributed by atoms with Crippen LogP contribution in [0.5, 0.6) is 0 Å². The maximum atomic E-state index is 13.3. The Morgan fingerprint density at radius 2 is 2.03 bits per heavy atom. The van der Waals surface area contributed by atoms with E-state index < -0.39 is 23.9 Å². The first kappa shape index (κ1) is 22.8. The first-order valence-corrected chi connectivity index (χ1v) is 12.1. The summed E-state index contributed by atoms with van der Waals surface area (Å²) in [6, 6.07) is 2.05. The quantitative estimate of drug-likeness (QED) is 0.574. The molecule has 5 heterocycles. The summed E-state index contributed by atoms with van der Waals surface area (Å²) in [5.74, 6) is -0.961. The molecule has 2 aliphatic rings. The number of carboxylic acids is 1. The van der Waals surface area contributed by atoms with E-state index in [-0.39, 0.29) is 18.9 Å². The van der Waals surface area contributed by atoms with Crippen molar-refractivity contribution < 1.29 is 23.1 Å². The summed E-state index contributed by atoms with van der Waals surface area (Å²) in [6.45, 7) is 3.64. The van der Waals surface area contributed by atoms with Crippen molar-refractivity contribution in [2.75, 3.05) is 29.4 Å². The van der Waals surface area contributed by atoms with E-state index in [1.165, 1.54) is 0 Å². The van der Waals surface area contributed by atoms with Crippen LogP contribution in [0.1, 0.15) is 42.7 Å². The number of alkyl halides is 3.